The number of fused-ring (bicyclic) bond motifs is 1. The van der Waals surface area contributed by atoms with Crippen LogP contribution in [0.15, 0.2) is 35.9 Å². The van der Waals surface area contributed by atoms with E-state index in [0.717, 1.165) is 29.1 Å². The number of imide groups is 2. The molecule has 4 rings (SSSR count). The van der Waals surface area contributed by atoms with Gasteiger partial charge in [0, 0.05) is 27.8 Å². The SMILES string of the molecule is CCN1c2cc(Cl)c(/C=C3/C(=O)NC(=O)N(c4ccc(Cl)cc4Cl)C3=O)cc2C(C)CC1(C)C. The first-order valence-electron chi connectivity index (χ1n) is 10.9. The number of nitrogens with zero attached hydrogens (tertiary/aromatic N) is 2. The van der Waals surface area contributed by atoms with Gasteiger partial charge in [-0.2, -0.15) is 0 Å². The Morgan fingerprint density at radius 3 is 2.41 bits per heavy atom. The van der Waals surface area contributed by atoms with E-state index in [2.05, 4.69) is 37.9 Å². The van der Waals surface area contributed by atoms with Crippen molar-refractivity contribution in [3.05, 3.63) is 62.1 Å². The molecule has 178 valence electrons. The highest BCUT2D eigenvalue weighted by molar-refractivity contribution is 6.43. The van der Waals surface area contributed by atoms with Crippen molar-refractivity contribution in [2.45, 2.75) is 45.6 Å². The number of carbonyl (C=O) groups excluding carboxylic acids is 3. The van der Waals surface area contributed by atoms with Gasteiger partial charge in [0.25, 0.3) is 11.8 Å². The Morgan fingerprint density at radius 2 is 1.76 bits per heavy atom. The summed E-state index contributed by atoms with van der Waals surface area (Å²) in [5.41, 5.74) is 2.54. The molecule has 0 saturated carbocycles. The number of halogens is 3. The van der Waals surface area contributed by atoms with Crippen molar-refractivity contribution in [3.8, 4) is 0 Å². The van der Waals surface area contributed by atoms with Gasteiger partial charge >= 0.3 is 6.03 Å². The molecule has 4 amide bonds. The number of nitrogens with one attached hydrogen (secondary N) is 1. The van der Waals surface area contributed by atoms with Crippen LogP contribution in [0.5, 0.6) is 0 Å². The van der Waals surface area contributed by atoms with E-state index < -0.39 is 17.8 Å². The van der Waals surface area contributed by atoms with Crippen molar-refractivity contribution in [2.24, 2.45) is 0 Å². The molecule has 0 bridgehead atoms. The first-order chi connectivity index (χ1) is 15.9. The Kier molecular flexibility index (Phi) is 6.44. The number of amides is 4. The standard InChI is InChI=1S/C25H24Cl3N3O3/c1-5-30-21-11-18(27)14(8-16(21)13(2)12-25(30,3)4)9-17-22(32)29-24(34)31(23(17)33)20-7-6-15(26)10-19(20)28/h6-11,13H,5,12H2,1-4H3,(H,29,32,34)/b17-9-. The molecule has 1 atom stereocenters. The fourth-order valence-electron chi connectivity index (χ4n) is 4.92. The van der Waals surface area contributed by atoms with E-state index >= 15 is 0 Å². The molecule has 2 aromatic rings. The molecule has 1 saturated heterocycles. The zero-order valence-corrected chi connectivity index (χ0v) is 21.5. The Labute approximate surface area is 213 Å². The van der Waals surface area contributed by atoms with Crippen LogP contribution in [0.4, 0.5) is 16.2 Å². The maximum absolute atomic E-state index is 13.3. The normalized spacial score (nSPS) is 21.1. The number of benzene rings is 2. The summed E-state index contributed by atoms with van der Waals surface area (Å²) in [5, 5.41) is 3.07. The molecule has 2 heterocycles. The number of carbonyl (C=O) groups is 3. The quantitative estimate of drug-likeness (QED) is 0.374. The third-order valence-corrected chi connectivity index (χ3v) is 7.24. The highest BCUT2D eigenvalue weighted by atomic mass is 35.5. The number of hydrogen-bond acceptors (Lipinski definition) is 4. The van der Waals surface area contributed by atoms with E-state index in [1.165, 1.54) is 24.3 Å². The minimum Gasteiger partial charge on any atom is -0.366 e. The maximum atomic E-state index is 13.3. The van der Waals surface area contributed by atoms with E-state index in [-0.39, 0.29) is 27.7 Å². The molecule has 2 aliphatic heterocycles. The van der Waals surface area contributed by atoms with Gasteiger partial charge in [0.15, 0.2) is 0 Å². The summed E-state index contributed by atoms with van der Waals surface area (Å²) in [6, 6.07) is 7.29. The van der Waals surface area contributed by atoms with Crippen LogP contribution < -0.4 is 15.1 Å². The van der Waals surface area contributed by atoms with Crippen molar-refractivity contribution < 1.29 is 14.4 Å². The topological polar surface area (TPSA) is 69.7 Å². The minimum atomic E-state index is -0.887. The molecule has 0 spiro atoms. The summed E-state index contributed by atoms with van der Waals surface area (Å²) in [4.78, 5) is 41.5. The lowest BCUT2D eigenvalue weighted by atomic mass is 9.79. The zero-order valence-electron chi connectivity index (χ0n) is 19.2. The Bertz CT molecular complexity index is 1260. The molecule has 0 aliphatic carbocycles. The monoisotopic (exact) mass is 519 g/mol. The second kappa shape index (κ2) is 8.91. The average Bonchev–Trinajstić information content (AvgIpc) is 2.72. The van der Waals surface area contributed by atoms with Crippen molar-refractivity contribution in [3.63, 3.8) is 0 Å². The molecule has 6 nitrogen and oxygen atoms in total. The molecule has 34 heavy (non-hydrogen) atoms. The largest absolute Gasteiger partial charge is 0.366 e. The second-order valence-electron chi connectivity index (χ2n) is 9.15. The van der Waals surface area contributed by atoms with Crippen LogP contribution in [0, 0.1) is 0 Å². The molecular formula is C25H24Cl3N3O3. The van der Waals surface area contributed by atoms with Gasteiger partial charge in [-0.25, -0.2) is 9.69 Å². The lowest BCUT2D eigenvalue weighted by Crippen LogP contribution is -2.54. The van der Waals surface area contributed by atoms with Crippen LogP contribution in [0.1, 0.15) is 51.2 Å². The highest BCUT2D eigenvalue weighted by Crippen LogP contribution is 2.45. The number of anilines is 2. The number of rotatable bonds is 3. The van der Waals surface area contributed by atoms with Gasteiger partial charge in [-0.1, -0.05) is 41.7 Å². The molecule has 9 heteroatoms. The van der Waals surface area contributed by atoms with Gasteiger partial charge in [0.05, 0.1) is 10.7 Å². The van der Waals surface area contributed by atoms with E-state index in [1.54, 1.807) is 0 Å². The second-order valence-corrected chi connectivity index (χ2v) is 10.4. The lowest BCUT2D eigenvalue weighted by Gasteiger charge is -2.47. The number of urea groups is 1. The molecule has 0 radical (unpaired) electrons. The molecule has 0 aromatic heterocycles. The third kappa shape index (κ3) is 4.19. The van der Waals surface area contributed by atoms with Gasteiger partial charge in [-0.15, -0.1) is 0 Å². The van der Waals surface area contributed by atoms with Gasteiger partial charge in [-0.05, 0) is 80.6 Å². The first-order valence-corrected chi connectivity index (χ1v) is 12.1. The molecule has 2 aromatic carbocycles. The first kappa shape index (κ1) is 24.6. The van der Waals surface area contributed by atoms with Crippen molar-refractivity contribution in [1.82, 2.24) is 5.32 Å². The predicted molar refractivity (Wildman–Crippen MR) is 137 cm³/mol. The smallest absolute Gasteiger partial charge is 0.335 e. The molecule has 1 unspecified atom stereocenters. The van der Waals surface area contributed by atoms with Crippen molar-refractivity contribution in [1.29, 1.82) is 0 Å². The van der Waals surface area contributed by atoms with Gasteiger partial charge in [0.1, 0.15) is 5.57 Å². The summed E-state index contributed by atoms with van der Waals surface area (Å²) in [6.45, 7) is 9.49. The van der Waals surface area contributed by atoms with Gasteiger partial charge in [0.2, 0.25) is 0 Å². The van der Waals surface area contributed by atoms with Crippen LogP contribution in [-0.4, -0.2) is 29.9 Å². The van der Waals surface area contributed by atoms with E-state index in [0.29, 0.717) is 15.6 Å². The van der Waals surface area contributed by atoms with Crippen LogP contribution in [0.2, 0.25) is 15.1 Å². The predicted octanol–water partition coefficient (Wildman–Crippen LogP) is 6.43. The van der Waals surface area contributed by atoms with E-state index in [4.69, 9.17) is 34.8 Å². The van der Waals surface area contributed by atoms with Crippen LogP contribution in [0.3, 0.4) is 0 Å². The summed E-state index contributed by atoms with van der Waals surface area (Å²) >= 11 is 18.8. The highest BCUT2D eigenvalue weighted by Gasteiger charge is 2.39. The Balaban J connectivity index is 1.79. The van der Waals surface area contributed by atoms with Crippen molar-refractivity contribution >= 4 is 70.1 Å². The van der Waals surface area contributed by atoms with Crippen molar-refractivity contribution in [2.75, 3.05) is 16.3 Å². The summed E-state index contributed by atoms with van der Waals surface area (Å²) < 4.78 is 0. The van der Waals surface area contributed by atoms with E-state index in [9.17, 15) is 14.4 Å². The minimum absolute atomic E-state index is 0.0254. The molecular weight excluding hydrogens is 497 g/mol. The van der Waals surface area contributed by atoms with Crippen LogP contribution >= 0.6 is 34.8 Å². The van der Waals surface area contributed by atoms with Crippen LogP contribution in [0.25, 0.3) is 6.08 Å². The molecule has 1 N–H and O–H groups in total. The average molecular weight is 521 g/mol. The maximum Gasteiger partial charge on any atom is 0.335 e. The van der Waals surface area contributed by atoms with Gasteiger partial charge < -0.3 is 4.90 Å². The lowest BCUT2D eigenvalue weighted by molar-refractivity contribution is -0.122. The number of hydrogen-bond donors (Lipinski definition) is 1. The molecule has 1 fully saturated rings. The summed E-state index contributed by atoms with van der Waals surface area (Å²) in [5.74, 6) is -1.34. The summed E-state index contributed by atoms with van der Waals surface area (Å²) in [6.07, 6.45) is 2.37. The molecule has 2 aliphatic rings. The fourth-order valence-corrected chi connectivity index (χ4v) is 5.63. The third-order valence-electron chi connectivity index (χ3n) is 6.37. The number of barbiturate groups is 1. The Morgan fingerprint density at radius 1 is 1.06 bits per heavy atom. The summed E-state index contributed by atoms with van der Waals surface area (Å²) in [7, 11) is 0. The Hall–Kier alpha value is -2.54. The fraction of sp³-hybridized carbons (Fsp3) is 0.320. The van der Waals surface area contributed by atoms with Gasteiger partial charge in [-0.3, -0.25) is 14.9 Å². The van der Waals surface area contributed by atoms with E-state index in [1.807, 2.05) is 12.1 Å². The zero-order chi connectivity index (χ0) is 24.9. The van der Waals surface area contributed by atoms with Crippen LogP contribution in [-0.2, 0) is 9.59 Å².